The quantitative estimate of drug-likeness (QED) is 0.105. The zero-order valence-corrected chi connectivity index (χ0v) is 38.7. The molecule has 6 amide bonds. The molecule has 4 saturated heterocycles. The first-order chi connectivity index (χ1) is 31.2. The van der Waals surface area contributed by atoms with Crippen LogP contribution in [0, 0.1) is 11.8 Å². The first-order valence-corrected chi connectivity index (χ1v) is 26.0. The number of hydrogen-bond donors (Lipinski definition) is 4. The molecule has 14 nitrogen and oxygen atoms in total. The Kier molecular flexibility index (Phi) is 15.7. The Balaban J connectivity index is 0.984. The topological polar surface area (TPSA) is 183 Å². The number of nitrogens with zero attached hydrogens (tertiary/aromatic N) is 4. The molecular weight excluding hydrogens is 889 g/mol. The zero-order valence-electron chi connectivity index (χ0n) is 35.5. The van der Waals surface area contributed by atoms with E-state index in [0.29, 0.717) is 73.1 Å². The number of nitrogens with one attached hydrogen (secondary N) is 4. The number of thiazole rings is 2. The molecule has 18 heteroatoms. The van der Waals surface area contributed by atoms with Gasteiger partial charge in [-0.05, 0) is 99.7 Å². The van der Waals surface area contributed by atoms with E-state index in [9.17, 15) is 28.8 Å². The molecular formula is C46H54N8O6S4. The van der Waals surface area contributed by atoms with Crippen molar-refractivity contribution in [2.45, 2.75) is 112 Å². The van der Waals surface area contributed by atoms with Crippen molar-refractivity contribution in [2.24, 2.45) is 11.8 Å². The average Bonchev–Trinajstić information content (AvgIpc) is 3.98. The van der Waals surface area contributed by atoms with Crippen molar-refractivity contribution in [3.05, 3.63) is 94.9 Å². The fourth-order valence-electron chi connectivity index (χ4n) is 9.26. The third-order valence-electron chi connectivity index (χ3n) is 12.5. The highest BCUT2D eigenvalue weighted by Crippen LogP contribution is 2.37. The lowest BCUT2D eigenvalue weighted by Gasteiger charge is -2.40. The van der Waals surface area contributed by atoms with E-state index in [2.05, 4.69) is 31.2 Å². The van der Waals surface area contributed by atoms with E-state index in [1.54, 1.807) is 56.5 Å². The van der Waals surface area contributed by atoms with E-state index in [1.807, 2.05) is 60.7 Å². The highest BCUT2D eigenvalue weighted by molar-refractivity contribution is 8.00. The highest BCUT2D eigenvalue weighted by Gasteiger charge is 2.45. The van der Waals surface area contributed by atoms with Gasteiger partial charge >= 0.3 is 0 Å². The number of hydrogen-bond acceptors (Lipinski definition) is 12. The molecule has 4 fully saturated rings. The van der Waals surface area contributed by atoms with Gasteiger partial charge < -0.3 is 31.1 Å². The van der Waals surface area contributed by atoms with E-state index < -0.39 is 36.0 Å². The summed E-state index contributed by atoms with van der Waals surface area (Å²) in [5.41, 5.74) is 1.91. The Morgan fingerprint density at radius 1 is 0.594 bits per heavy atom. The van der Waals surface area contributed by atoms with Crippen LogP contribution in [0.2, 0.25) is 0 Å². The van der Waals surface area contributed by atoms with Crippen molar-refractivity contribution in [1.82, 2.24) is 30.4 Å². The van der Waals surface area contributed by atoms with Gasteiger partial charge in [-0.2, -0.15) is 0 Å². The molecule has 0 radical (unpaired) electrons. The first kappa shape index (κ1) is 45.8. The third-order valence-corrected chi connectivity index (χ3v) is 16.5. The van der Waals surface area contributed by atoms with Gasteiger partial charge in [0.25, 0.3) is 0 Å². The highest BCUT2D eigenvalue weighted by atomic mass is 32.2. The summed E-state index contributed by atoms with van der Waals surface area (Å²) in [6, 6.07) is 16.5. The third kappa shape index (κ3) is 11.4. The number of thioether (sulfide) groups is 2. The SMILES string of the molecule is O=C(NC1CCS[C@H]2CCC[C@@H](C(=O)Nc3nccs3)N2C1=O)[C@H](CC[C@H](Cc1ccccc1)C(=O)N[C@H]1CCS[C@H]2CCC[C@@H](C(=O)Nc3nccs3)N2C1=O)Cc1ccccc1. The fourth-order valence-corrected chi connectivity index (χ4v) is 13.1. The van der Waals surface area contributed by atoms with Crippen LogP contribution in [0.25, 0.3) is 0 Å². The van der Waals surface area contributed by atoms with E-state index in [0.717, 1.165) is 36.8 Å². The molecule has 4 aliphatic rings. The van der Waals surface area contributed by atoms with Crippen LogP contribution < -0.4 is 21.3 Å². The van der Waals surface area contributed by atoms with Gasteiger partial charge in [-0.15, -0.1) is 46.2 Å². The second kappa shape index (κ2) is 21.9. The number of carbonyl (C=O) groups excluding carboxylic acids is 6. The molecule has 0 saturated carbocycles. The fraction of sp³-hybridized carbons (Fsp3) is 0.478. The second-order valence-corrected chi connectivity index (χ2v) is 21.1. The molecule has 2 aromatic carbocycles. The van der Waals surface area contributed by atoms with Gasteiger partial charge in [0.05, 0.1) is 10.7 Å². The van der Waals surface area contributed by atoms with Crippen LogP contribution in [-0.2, 0) is 41.6 Å². The summed E-state index contributed by atoms with van der Waals surface area (Å²) in [5.74, 6) is -1.49. The largest absolute Gasteiger partial charge is 0.344 e. The standard InChI is InChI=1S/C46H54N8O6S4/c55-39(49-33-19-23-61-37-15-7-13-35(53(37)43(33)59)41(57)51-45-47-21-25-63-45)31(27-29-9-3-1-4-10-29)17-18-32(28-30-11-5-2-6-12-30)40(56)50-34-20-24-62-38-16-8-14-36(54(38)44(34)60)42(58)52-46-48-22-26-64-46/h1-6,9-12,21-22,25-26,31-38H,7-8,13-20,23-24,27-28H2,(H,49,55)(H,50,56)(H,47,51,57)(H,48,52,58)/t31-,32-,33+,34?,35+,36+,37+,38+/m1/s1. The van der Waals surface area contributed by atoms with Crippen molar-refractivity contribution in [3.8, 4) is 0 Å². The summed E-state index contributed by atoms with van der Waals surface area (Å²) >= 11 is 5.94. The summed E-state index contributed by atoms with van der Waals surface area (Å²) in [6.45, 7) is 0. The normalized spacial score (nSPS) is 24.5. The molecule has 4 N–H and O–H groups in total. The van der Waals surface area contributed by atoms with Crippen LogP contribution in [0.3, 0.4) is 0 Å². The number of piperidine rings is 2. The number of benzene rings is 2. The zero-order chi connectivity index (χ0) is 44.4. The van der Waals surface area contributed by atoms with E-state index in [-0.39, 0.29) is 46.2 Å². The average molecular weight is 943 g/mol. The minimum atomic E-state index is -0.815. The summed E-state index contributed by atoms with van der Waals surface area (Å²) in [7, 11) is 0. The molecule has 4 aliphatic heterocycles. The molecule has 4 aromatic rings. The lowest BCUT2D eigenvalue weighted by molar-refractivity contribution is -0.144. The van der Waals surface area contributed by atoms with E-state index in [4.69, 9.17) is 0 Å². The van der Waals surface area contributed by atoms with Gasteiger partial charge in [0.2, 0.25) is 35.4 Å². The predicted molar refractivity (Wildman–Crippen MR) is 253 cm³/mol. The Hall–Kier alpha value is -4.78. The van der Waals surface area contributed by atoms with Gasteiger partial charge in [-0.3, -0.25) is 28.8 Å². The van der Waals surface area contributed by atoms with Crippen LogP contribution in [0.4, 0.5) is 10.3 Å². The van der Waals surface area contributed by atoms with Gasteiger partial charge in [-0.25, -0.2) is 9.97 Å². The predicted octanol–water partition coefficient (Wildman–Crippen LogP) is 6.33. The Bertz CT molecular complexity index is 2060. The Morgan fingerprint density at radius 3 is 1.41 bits per heavy atom. The number of carbonyl (C=O) groups is 6. The second-order valence-electron chi connectivity index (χ2n) is 16.7. The molecule has 0 bridgehead atoms. The van der Waals surface area contributed by atoms with E-state index in [1.165, 1.54) is 22.7 Å². The smallest absolute Gasteiger partial charge is 0.249 e. The number of fused-ring (bicyclic) bond motifs is 2. The summed E-state index contributed by atoms with van der Waals surface area (Å²) in [5, 5.41) is 16.2. The Morgan fingerprint density at radius 2 is 1.02 bits per heavy atom. The molecule has 2 aromatic heterocycles. The van der Waals surface area contributed by atoms with Crippen molar-refractivity contribution >= 4 is 91.9 Å². The molecule has 0 spiro atoms. The van der Waals surface area contributed by atoms with Crippen molar-refractivity contribution < 1.29 is 28.8 Å². The van der Waals surface area contributed by atoms with Crippen LogP contribution >= 0.6 is 46.2 Å². The van der Waals surface area contributed by atoms with Crippen molar-refractivity contribution in [2.75, 3.05) is 22.1 Å². The first-order valence-electron chi connectivity index (χ1n) is 22.2. The minimum absolute atomic E-state index is 0.168. The maximum Gasteiger partial charge on any atom is 0.249 e. The maximum atomic E-state index is 14.6. The molecule has 6 heterocycles. The van der Waals surface area contributed by atoms with Gasteiger partial charge in [0.15, 0.2) is 10.3 Å². The molecule has 8 rings (SSSR count). The number of anilines is 2. The lowest BCUT2D eigenvalue weighted by atomic mass is 9.86. The summed E-state index contributed by atoms with van der Waals surface area (Å²) in [4.78, 5) is 96.9. The summed E-state index contributed by atoms with van der Waals surface area (Å²) in [6.07, 6.45) is 9.78. The van der Waals surface area contributed by atoms with Crippen LogP contribution in [0.5, 0.6) is 0 Å². The lowest BCUT2D eigenvalue weighted by Crippen LogP contribution is -2.58. The Labute approximate surface area is 389 Å². The molecule has 0 aliphatic carbocycles. The minimum Gasteiger partial charge on any atom is -0.344 e. The maximum absolute atomic E-state index is 14.6. The number of rotatable bonds is 15. The van der Waals surface area contributed by atoms with Gasteiger partial charge in [0.1, 0.15) is 24.2 Å². The van der Waals surface area contributed by atoms with Crippen molar-refractivity contribution in [3.63, 3.8) is 0 Å². The van der Waals surface area contributed by atoms with Gasteiger partial charge in [-0.1, -0.05) is 60.7 Å². The monoisotopic (exact) mass is 942 g/mol. The molecule has 64 heavy (non-hydrogen) atoms. The van der Waals surface area contributed by atoms with E-state index >= 15 is 0 Å². The molecule has 1 unspecified atom stereocenters. The molecule has 8 atom stereocenters. The summed E-state index contributed by atoms with van der Waals surface area (Å²) < 4.78 is 0. The van der Waals surface area contributed by atoms with Gasteiger partial charge in [0, 0.05) is 35.0 Å². The van der Waals surface area contributed by atoms with Crippen LogP contribution in [0.1, 0.15) is 75.3 Å². The van der Waals surface area contributed by atoms with Crippen molar-refractivity contribution in [1.29, 1.82) is 0 Å². The number of amides is 6. The van der Waals surface area contributed by atoms with Crippen LogP contribution in [0.15, 0.2) is 83.8 Å². The molecule has 338 valence electrons. The number of aromatic nitrogens is 2. The van der Waals surface area contributed by atoms with Crippen LogP contribution in [-0.4, -0.2) is 102 Å².